The first kappa shape index (κ1) is 15.7. The van der Waals surface area contributed by atoms with Gasteiger partial charge in [-0.25, -0.2) is 4.79 Å². The molecule has 1 fully saturated rings. The van der Waals surface area contributed by atoms with Gasteiger partial charge in [-0.2, -0.15) is 5.10 Å². The quantitative estimate of drug-likeness (QED) is 0.814. The lowest BCUT2D eigenvalue weighted by molar-refractivity contribution is 0.0589. The first-order valence-electron chi connectivity index (χ1n) is 8.06. The van der Waals surface area contributed by atoms with E-state index in [1.54, 1.807) is 17.9 Å². The number of rotatable bonds is 4. The summed E-state index contributed by atoms with van der Waals surface area (Å²) in [6.07, 6.45) is 4.30. The van der Waals surface area contributed by atoms with E-state index in [0.29, 0.717) is 11.7 Å². The molecule has 5 nitrogen and oxygen atoms in total. The van der Waals surface area contributed by atoms with Crippen molar-refractivity contribution in [3.8, 4) is 11.1 Å². The van der Waals surface area contributed by atoms with Crippen molar-refractivity contribution in [2.24, 2.45) is 7.05 Å². The van der Waals surface area contributed by atoms with E-state index in [1.165, 1.54) is 38.6 Å². The Morgan fingerprint density at radius 2 is 1.87 bits per heavy atom. The number of methoxy groups -OCH3 is 1. The maximum Gasteiger partial charge on any atom is 0.356 e. The van der Waals surface area contributed by atoms with Crippen LogP contribution >= 0.6 is 0 Å². The lowest BCUT2D eigenvalue weighted by atomic mass is 10.0. The molecule has 3 rings (SSSR count). The Balaban J connectivity index is 1.86. The molecule has 1 aromatic carbocycles. The Labute approximate surface area is 136 Å². The molecule has 1 aromatic heterocycles. The number of hydrogen-bond donors (Lipinski definition) is 0. The molecule has 0 amide bonds. The van der Waals surface area contributed by atoms with Crippen LogP contribution in [0.1, 0.15) is 41.9 Å². The zero-order chi connectivity index (χ0) is 16.4. The summed E-state index contributed by atoms with van der Waals surface area (Å²) in [4.78, 5) is 14.5. The molecule has 0 aliphatic carbocycles. The van der Waals surface area contributed by atoms with Crippen molar-refractivity contribution in [2.45, 2.75) is 25.8 Å². The SMILES string of the molecule is COC(=O)c1c(-c2ccc([C@H](C)N3CCCC3)cc2)cnn1C. The van der Waals surface area contributed by atoms with Crippen molar-refractivity contribution >= 4 is 5.97 Å². The molecule has 0 radical (unpaired) electrons. The number of aromatic nitrogens is 2. The first-order chi connectivity index (χ1) is 11.1. The van der Waals surface area contributed by atoms with Crippen LogP contribution in [0.25, 0.3) is 11.1 Å². The van der Waals surface area contributed by atoms with E-state index in [0.717, 1.165) is 11.1 Å². The highest BCUT2D eigenvalue weighted by molar-refractivity contribution is 5.95. The van der Waals surface area contributed by atoms with Gasteiger partial charge in [-0.05, 0) is 44.0 Å². The highest BCUT2D eigenvalue weighted by atomic mass is 16.5. The van der Waals surface area contributed by atoms with Crippen molar-refractivity contribution in [3.63, 3.8) is 0 Å². The van der Waals surface area contributed by atoms with E-state index in [2.05, 4.69) is 41.2 Å². The molecule has 5 heteroatoms. The van der Waals surface area contributed by atoms with Gasteiger partial charge < -0.3 is 4.74 Å². The number of carbonyl (C=O) groups excluding carboxylic acids is 1. The third-order valence-electron chi connectivity index (χ3n) is 4.71. The third-order valence-corrected chi connectivity index (χ3v) is 4.71. The van der Waals surface area contributed by atoms with Crippen LogP contribution < -0.4 is 0 Å². The van der Waals surface area contributed by atoms with Crippen LogP contribution in [0, 0.1) is 0 Å². The smallest absolute Gasteiger partial charge is 0.356 e. The Hall–Kier alpha value is -2.14. The van der Waals surface area contributed by atoms with Gasteiger partial charge >= 0.3 is 5.97 Å². The summed E-state index contributed by atoms with van der Waals surface area (Å²) in [6, 6.07) is 8.84. The molecule has 2 aromatic rings. The highest BCUT2D eigenvalue weighted by Gasteiger charge is 2.21. The number of likely N-dealkylation sites (tertiary alicyclic amines) is 1. The maximum absolute atomic E-state index is 11.9. The molecule has 1 aliphatic rings. The van der Waals surface area contributed by atoms with Gasteiger partial charge in [0.2, 0.25) is 0 Å². The molecular weight excluding hydrogens is 290 g/mol. The monoisotopic (exact) mass is 313 g/mol. The number of ether oxygens (including phenoxy) is 1. The van der Waals surface area contributed by atoms with Crippen molar-refractivity contribution in [1.29, 1.82) is 0 Å². The molecule has 2 heterocycles. The van der Waals surface area contributed by atoms with Gasteiger partial charge in [-0.1, -0.05) is 24.3 Å². The second-order valence-electron chi connectivity index (χ2n) is 6.06. The largest absolute Gasteiger partial charge is 0.464 e. The Morgan fingerprint density at radius 3 is 2.48 bits per heavy atom. The molecule has 0 unspecified atom stereocenters. The topological polar surface area (TPSA) is 47.4 Å². The van der Waals surface area contributed by atoms with Crippen LogP contribution in [0.15, 0.2) is 30.5 Å². The number of hydrogen-bond acceptors (Lipinski definition) is 4. The van der Waals surface area contributed by atoms with E-state index in [1.807, 2.05) is 0 Å². The molecule has 1 aliphatic heterocycles. The normalized spacial score (nSPS) is 16.5. The van der Waals surface area contributed by atoms with Gasteiger partial charge in [-0.3, -0.25) is 9.58 Å². The van der Waals surface area contributed by atoms with E-state index in [4.69, 9.17) is 4.74 Å². The van der Waals surface area contributed by atoms with Gasteiger partial charge in [0, 0.05) is 18.7 Å². The minimum absolute atomic E-state index is 0.366. The predicted molar refractivity (Wildman–Crippen MR) is 89.2 cm³/mol. The second-order valence-corrected chi connectivity index (χ2v) is 6.06. The minimum atomic E-state index is -0.366. The third kappa shape index (κ3) is 3.01. The summed E-state index contributed by atoms with van der Waals surface area (Å²) in [5.41, 5.74) is 3.57. The fraction of sp³-hybridized carbons (Fsp3) is 0.444. The van der Waals surface area contributed by atoms with E-state index in [9.17, 15) is 4.79 Å². The number of nitrogens with zero attached hydrogens (tertiary/aromatic N) is 3. The number of aryl methyl sites for hydroxylation is 1. The lowest BCUT2D eigenvalue weighted by Crippen LogP contribution is -2.23. The minimum Gasteiger partial charge on any atom is -0.464 e. The number of benzene rings is 1. The Bertz CT molecular complexity index is 685. The fourth-order valence-electron chi connectivity index (χ4n) is 3.27. The average Bonchev–Trinajstić information content (AvgIpc) is 3.23. The molecule has 0 bridgehead atoms. The Morgan fingerprint density at radius 1 is 1.22 bits per heavy atom. The Kier molecular flexibility index (Phi) is 4.48. The fourth-order valence-corrected chi connectivity index (χ4v) is 3.27. The maximum atomic E-state index is 11.9. The van der Waals surface area contributed by atoms with Crippen molar-refractivity contribution in [2.75, 3.05) is 20.2 Å². The van der Waals surface area contributed by atoms with Crippen molar-refractivity contribution in [1.82, 2.24) is 14.7 Å². The summed E-state index contributed by atoms with van der Waals surface area (Å²) < 4.78 is 6.42. The molecule has 1 atom stereocenters. The molecule has 122 valence electrons. The summed E-state index contributed by atoms with van der Waals surface area (Å²) in [6.45, 7) is 4.61. The molecular formula is C18H23N3O2. The number of esters is 1. The number of carbonyl (C=O) groups is 1. The van der Waals surface area contributed by atoms with Gasteiger partial charge in [0.25, 0.3) is 0 Å². The van der Waals surface area contributed by atoms with Crippen LogP contribution in [-0.4, -0.2) is 40.8 Å². The second kappa shape index (κ2) is 6.54. The van der Waals surface area contributed by atoms with Crippen LogP contribution in [-0.2, 0) is 11.8 Å². The molecule has 0 saturated carbocycles. The van der Waals surface area contributed by atoms with Crippen LogP contribution in [0.5, 0.6) is 0 Å². The van der Waals surface area contributed by atoms with Gasteiger partial charge in [0.1, 0.15) is 0 Å². The predicted octanol–water partition coefficient (Wildman–Crippen LogP) is 3.03. The summed E-state index contributed by atoms with van der Waals surface area (Å²) in [5.74, 6) is -0.366. The van der Waals surface area contributed by atoms with Gasteiger partial charge in [0.05, 0.1) is 13.3 Å². The average molecular weight is 313 g/mol. The van der Waals surface area contributed by atoms with Crippen molar-refractivity contribution < 1.29 is 9.53 Å². The first-order valence-corrected chi connectivity index (χ1v) is 8.06. The standard InChI is InChI=1S/C18H23N3O2/c1-13(21-10-4-5-11-21)14-6-8-15(9-7-14)16-12-19-20(2)17(16)18(22)23-3/h6-9,12-13H,4-5,10-11H2,1-3H3/t13-/m0/s1. The van der Waals surface area contributed by atoms with Crippen LogP contribution in [0.4, 0.5) is 0 Å². The summed E-state index contributed by atoms with van der Waals surface area (Å²) in [5, 5.41) is 4.19. The zero-order valence-electron chi connectivity index (χ0n) is 14.0. The van der Waals surface area contributed by atoms with Gasteiger partial charge in [-0.15, -0.1) is 0 Å². The lowest BCUT2D eigenvalue weighted by Gasteiger charge is -2.24. The summed E-state index contributed by atoms with van der Waals surface area (Å²) in [7, 11) is 3.14. The summed E-state index contributed by atoms with van der Waals surface area (Å²) >= 11 is 0. The molecule has 0 N–H and O–H groups in total. The van der Waals surface area contributed by atoms with Crippen LogP contribution in [0.3, 0.4) is 0 Å². The highest BCUT2D eigenvalue weighted by Crippen LogP contribution is 2.28. The van der Waals surface area contributed by atoms with E-state index in [-0.39, 0.29) is 5.97 Å². The molecule has 0 spiro atoms. The van der Waals surface area contributed by atoms with Gasteiger partial charge in [0.15, 0.2) is 5.69 Å². The molecule has 23 heavy (non-hydrogen) atoms. The van der Waals surface area contributed by atoms with E-state index >= 15 is 0 Å². The van der Waals surface area contributed by atoms with Crippen molar-refractivity contribution in [3.05, 3.63) is 41.7 Å². The zero-order valence-corrected chi connectivity index (χ0v) is 14.0. The van der Waals surface area contributed by atoms with Crippen LogP contribution in [0.2, 0.25) is 0 Å². The van der Waals surface area contributed by atoms with E-state index < -0.39 is 0 Å². The molecule has 1 saturated heterocycles.